The predicted molar refractivity (Wildman–Crippen MR) is 129 cm³/mol. The smallest absolute Gasteiger partial charge is 0.435 e. The van der Waals surface area contributed by atoms with Crippen molar-refractivity contribution in [2.75, 3.05) is 6.54 Å². The Balaban J connectivity index is 1.28. The summed E-state index contributed by atoms with van der Waals surface area (Å²) in [5.74, 6) is -0.197. The van der Waals surface area contributed by atoms with E-state index in [1.807, 2.05) is 0 Å². The summed E-state index contributed by atoms with van der Waals surface area (Å²) in [4.78, 5) is 13.1. The Hall–Kier alpha value is -3.57. The average molecular weight is 530 g/mol. The van der Waals surface area contributed by atoms with Gasteiger partial charge < -0.3 is 4.42 Å². The zero-order chi connectivity index (χ0) is 26.2. The predicted octanol–water partition coefficient (Wildman–Crippen LogP) is 5.26. The molecule has 1 aliphatic rings. The fourth-order valence-electron chi connectivity index (χ4n) is 4.51. The van der Waals surface area contributed by atoms with Gasteiger partial charge in [-0.25, -0.2) is 8.42 Å². The van der Waals surface area contributed by atoms with Gasteiger partial charge in [-0.05, 0) is 49.1 Å². The lowest BCUT2D eigenvalue weighted by molar-refractivity contribution is -0.141. The van der Waals surface area contributed by atoms with Crippen LogP contribution in [0.3, 0.4) is 0 Å². The van der Waals surface area contributed by atoms with E-state index in [9.17, 15) is 26.4 Å². The summed E-state index contributed by atoms with van der Waals surface area (Å²) in [6.45, 7) is 0.234. The zero-order valence-corrected chi connectivity index (χ0v) is 20.3. The summed E-state index contributed by atoms with van der Waals surface area (Å²) >= 11 is 0. The number of alkyl halides is 3. The lowest BCUT2D eigenvalue weighted by atomic mass is 10.00. The van der Waals surface area contributed by atoms with E-state index in [4.69, 9.17) is 4.42 Å². The highest BCUT2D eigenvalue weighted by Gasteiger charge is 2.40. The topological polar surface area (TPSA) is 93.4 Å². The van der Waals surface area contributed by atoms with Crippen molar-refractivity contribution >= 4 is 26.8 Å². The van der Waals surface area contributed by atoms with E-state index in [0.29, 0.717) is 35.8 Å². The number of hydrogen-bond donors (Lipinski definition) is 0. The number of halogens is 3. The van der Waals surface area contributed by atoms with E-state index in [1.54, 1.807) is 48.5 Å². The summed E-state index contributed by atoms with van der Waals surface area (Å²) in [6.07, 6.45) is -3.12. The normalized spacial score (nSPS) is 16.9. The summed E-state index contributed by atoms with van der Waals surface area (Å²) in [6, 6.07) is 16.8. The van der Waals surface area contributed by atoms with Crippen LogP contribution in [0.1, 0.15) is 30.5 Å². The van der Waals surface area contributed by atoms with E-state index in [2.05, 4.69) is 10.2 Å². The molecule has 0 aliphatic carbocycles. The first-order valence-corrected chi connectivity index (χ1v) is 13.1. The molecule has 0 N–H and O–H groups in total. The van der Waals surface area contributed by atoms with Gasteiger partial charge in [-0.3, -0.25) is 4.79 Å². The highest BCUT2D eigenvalue weighted by atomic mass is 32.2. The van der Waals surface area contributed by atoms with Gasteiger partial charge in [0.15, 0.2) is 11.5 Å². The minimum atomic E-state index is -4.57. The Morgan fingerprint density at radius 3 is 2.57 bits per heavy atom. The van der Waals surface area contributed by atoms with E-state index in [-0.39, 0.29) is 29.5 Å². The van der Waals surface area contributed by atoms with Crippen LogP contribution in [0.2, 0.25) is 0 Å². The fraction of sp³-hybridized carbons (Fsp3) is 0.269. The van der Waals surface area contributed by atoms with E-state index in [1.165, 1.54) is 16.4 Å². The van der Waals surface area contributed by atoms with Gasteiger partial charge in [0.25, 0.3) is 10.0 Å². The molecule has 7 nitrogen and oxygen atoms in total. The standard InChI is InChI=1S/C26H22F3N3O4S/c27-26(28,29)24-13-11-20(30-31-24)18-7-3-5-17(15-18)10-12-22(33)21-8-4-14-32(21)37(34,35)25-16-19-6-1-2-9-23(19)36-25/h1-3,5-7,9,11,13,15-16,21H,4,8,10,12,14H2/t21-/m0/s1. The minimum Gasteiger partial charge on any atom is -0.443 e. The van der Waals surface area contributed by atoms with Gasteiger partial charge in [0.05, 0.1) is 11.7 Å². The maximum Gasteiger partial charge on any atom is 0.435 e. The number of aromatic nitrogens is 2. The number of nitrogens with zero attached hydrogens (tertiary/aromatic N) is 3. The van der Waals surface area contributed by atoms with Crippen molar-refractivity contribution in [1.29, 1.82) is 0 Å². The third-order valence-electron chi connectivity index (χ3n) is 6.38. The summed E-state index contributed by atoms with van der Waals surface area (Å²) < 4.78 is 71.6. The Labute approximate surface area is 211 Å². The third kappa shape index (κ3) is 5.14. The molecule has 3 heterocycles. The molecule has 0 amide bonds. The second kappa shape index (κ2) is 9.71. The van der Waals surface area contributed by atoms with Gasteiger partial charge in [0.2, 0.25) is 5.09 Å². The number of Topliss-reactive ketones (excluding diaryl/α,β-unsaturated/α-hetero) is 1. The first-order chi connectivity index (χ1) is 17.6. The van der Waals surface area contributed by atoms with Crippen molar-refractivity contribution in [3.63, 3.8) is 0 Å². The van der Waals surface area contributed by atoms with Gasteiger partial charge in [-0.2, -0.15) is 17.5 Å². The van der Waals surface area contributed by atoms with Crippen molar-refractivity contribution in [2.45, 2.75) is 43.0 Å². The van der Waals surface area contributed by atoms with E-state index >= 15 is 0 Å². The van der Waals surface area contributed by atoms with Crippen molar-refractivity contribution in [1.82, 2.24) is 14.5 Å². The zero-order valence-electron chi connectivity index (χ0n) is 19.5. The SMILES string of the molecule is O=C(CCc1cccc(-c2ccc(C(F)(F)F)nn2)c1)[C@@H]1CCCN1S(=O)(=O)c1cc2ccccc2o1. The molecule has 1 aliphatic heterocycles. The van der Waals surface area contributed by atoms with Crippen LogP contribution < -0.4 is 0 Å². The molecule has 2 aromatic heterocycles. The van der Waals surface area contributed by atoms with Gasteiger partial charge in [0.1, 0.15) is 5.58 Å². The van der Waals surface area contributed by atoms with Crippen LogP contribution in [-0.4, -0.2) is 41.3 Å². The number of ketones is 1. The molecule has 1 saturated heterocycles. The third-order valence-corrected chi connectivity index (χ3v) is 8.14. The molecule has 2 aromatic carbocycles. The lowest BCUT2D eigenvalue weighted by Crippen LogP contribution is -2.40. The maximum atomic E-state index is 13.3. The molecule has 0 unspecified atom stereocenters. The Morgan fingerprint density at radius 1 is 1.03 bits per heavy atom. The van der Waals surface area contributed by atoms with E-state index in [0.717, 1.165) is 11.6 Å². The van der Waals surface area contributed by atoms with E-state index < -0.39 is 27.9 Å². The van der Waals surface area contributed by atoms with Crippen molar-refractivity contribution in [3.05, 3.63) is 78.0 Å². The number of aryl methyl sites for hydroxylation is 1. The Morgan fingerprint density at radius 2 is 1.84 bits per heavy atom. The minimum absolute atomic E-state index is 0.110. The number of hydrogen-bond acceptors (Lipinski definition) is 6. The second-order valence-electron chi connectivity index (χ2n) is 8.85. The van der Waals surface area contributed by atoms with Gasteiger partial charge >= 0.3 is 6.18 Å². The van der Waals surface area contributed by atoms with Crippen molar-refractivity contribution in [2.24, 2.45) is 0 Å². The Bertz CT molecular complexity index is 1520. The number of carbonyl (C=O) groups is 1. The number of furan rings is 1. The van der Waals surface area contributed by atoms with Gasteiger partial charge in [-0.1, -0.05) is 36.4 Å². The molecule has 1 atom stereocenters. The van der Waals surface area contributed by atoms with Crippen LogP contribution in [0.5, 0.6) is 0 Å². The number of rotatable bonds is 7. The molecule has 4 aromatic rings. The fourth-order valence-corrected chi connectivity index (χ4v) is 6.14. The number of para-hydroxylation sites is 1. The first-order valence-electron chi connectivity index (χ1n) is 11.7. The van der Waals surface area contributed by atoms with Crippen LogP contribution in [0.25, 0.3) is 22.2 Å². The molecule has 0 radical (unpaired) electrons. The first kappa shape index (κ1) is 25.1. The monoisotopic (exact) mass is 529 g/mol. The molecule has 1 fully saturated rings. The molecular formula is C26H22F3N3O4S. The highest BCUT2D eigenvalue weighted by Crippen LogP contribution is 2.31. The lowest BCUT2D eigenvalue weighted by Gasteiger charge is -2.21. The van der Waals surface area contributed by atoms with Crippen LogP contribution in [0, 0.1) is 0 Å². The Kier molecular flexibility index (Phi) is 6.59. The summed E-state index contributed by atoms with van der Waals surface area (Å²) in [5, 5.41) is 7.42. The van der Waals surface area contributed by atoms with Crippen molar-refractivity contribution < 1.29 is 30.8 Å². The van der Waals surface area contributed by atoms with Gasteiger partial charge in [-0.15, -0.1) is 10.2 Å². The van der Waals surface area contributed by atoms with Crippen LogP contribution in [-0.2, 0) is 27.4 Å². The van der Waals surface area contributed by atoms with Gasteiger partial charge in [0, 0.05) is 30.0 Å². The van der Waals surface area contributed by atoms with Crippen LogP contribution in [0.15, 0.2) is 76.2 Å². The van der Waals surface area contributed by atoms with Crippen molar-refractivity contribution in [3.8, 4) is 11.3 Å². The second-order valence-corrected chi connectivity index (χ2v) is 10.7. The quantitative estimate of drug-likeness (QED) is 0.324. The molecule has 0 saturated carbocycles. The maximum absolute atomic E-state index is 13.3. The highest BCUT2D eigenvalue weighted by molar-refractivity contribution is 7.89. The summed E-state index contributed by atoms with van der Waals surface area (Å²) in [5.41, 5.74) is 1.01. The molecule has 192 valence electrons. The largest absolute Gasteiger partial charge is 0.443 e. The molecule has 0 spiro atoms. The van der Waals surface area contributed by atoms with Crippen LogP contribution in [0.4, 0.5) is 13.2 Å². The number of fused-ring (bicyclic) bond motifs is 1. The molecule has 5 rings (SSSR count). The summed E-state index contributed by atoms with van der Waals surface area (Å²) in [7, 11) is -3.98. The number of benzene rings is 2. The van der Waals surface area contributed by atoms with Crippen LogP contribution >= 0.6 is 0 Å². The molecule has 37 heavy (non-hydrogen) atoms. The molecule has 11 heteroatoms. The molecule has 0 bridgehead atoms. The molecular weight excluding hydrogens is 507 g/mol. The number of carbonyl (C=O) groups excluding carboxylic acids is 1. The average Bonchev–Trinajstić information content (AvgIpc) is 3.55. The number of sulfonamides is 1.